The minimum Gasteiger partial charge on any atom is -0.357 e. The fourth-order valence-electron chi connectivity index (χ4n) is 2.01. The van der Waals surface area contributed by atoms with E-state index in [1.165, 1.54) is 0 Å². The molecule has 0 fully saturated rings. The molecular formula is C13H21N7. The first-order valence-corrected chi connectivity index (χ1v) is 6.76. The molecule has 108 valence electrons. The van der Waals surface area contributed by atoms with Gasteiger partial charge in [0.2, 0.25) is 11.9 Å². The van der Waals surface area contributed by atoms with Crippen molar-refractivity contribution in [3.63, 3.8) is 0 Å². The first-order chi connectivity index (χ1) is 9.54. The van der Waals surface area contributed by atoms with Crippen molar-refractivity contribution in [2.24, 2.45) is 0 Å². The van der Waals surface area contributed by atoms with E-state index in [0.29, 0.717) is 17.8 Å². The predicted molar refractivity (Wildman–Crippen MR) is 79.1 cm³/mol. The van der Waals surface area contributed by atoms with E-state index in [0.717, 1.165) is 12.8 Å². The van der Waals surface area contributed by atoms with Crippen LogP contribution in [0.25, 0.3) is 5.95 Å². The third kappa shape index (κ3) is 3.43. The summed E-state index contributed by atoms with van der Waals surface area (Å²) in [7, 11) is 1.78. The van der Waals surface area contributed by atoms with Crippen molar-refractivity contribution in [1.82, 2.24) is 24.7 Å². The van der Waals surface area contributed by atoms with E-state index in [4.69, 9.17) is 0 Å². The molecule has 0 bridgehead atoms. The van der Waals surface area contributed by atoms with Crippen LogP contribution >= 0.6 is 0 Å². The molecule has 0 aliphatic carbocycles. The fraction of sp³-hybridized carbons (Fsp3) is 0.538. The normalized spacial score (nSPS) is 11.4. The molecule has 20 heavy (non-hydrogen) atoms. The number of hydrogen-bond acceptors (Lipinski definition) is 6. The highest BCUT2D eigenvalue weighted by atomic mass is 15.4. The van der Waals surface area contributed by atoms with Crippen LogP contribution in [0.4, 0.5) is 11.9 Å². The highest BCUT2D eigenvalue weighted by Gasteiger charge is 2.18. The molecule has 0 spiro atoms. The highest BCUT2D eigenvalue weighted by Crippen LogP contribution is 2.18. The Hall–Kier alpha value is -2.18. The SMILES string of the molecule is CCCC(C)(C)Nc1nc(NC)nc(-n2cccn2)n1. The zero-order valence-corrected chi connectivity index (χ0v) is 12.4. The Morgan fingerprint density at radius 2 is 1.95 bits per heavy atom. The monoisotopic (exact) mass is 275 g/mol. The zero-order valence-electron chi connectivity index (χ0n) is 12.4. The Bertz CT molecular complexity index is 548. The summed E-state index contributed by atoms with van der Waals surface area (Å²) in [5, 5.41) is 10.4. The average Bonchev–Trinajstić information content (AvgIpc) is 2.91. The van der Waals surface area contributed by atoms with Gasteiger partial charge in [0.05, 0.1) is 0 Å². The second-order valence-electron chi connectivity index (χ2n) is 5.24. The van der Waals surface area contributed by atoms with Crippen LogP contribution in [-0.4, -0.2) is 37.3 Å². The van der Waals surface area contributed by atoms with Crippen LogP contribution in [0.1, 0.15) is 33.6 Å². The van der Waals surface area contributed by atoms with Gasteiger partial charge in [-0.05, 0) is 26.3 Å². The molecule has 0 unspecified atom stereocenters. The van der Waals surface area contributed by atoms with E-state index in [2.05, 4.69) is 51.5 Å². The fourth-order valence-corrected chi connectivity index (χ4v) is 2.01. The standard InChI is InChI=1S/C13H21N7/c1-5-7-13(2,3)19-11-16-10(14-4)17-12(18-11)20-9-6-8-15-20/h6,8-9H,5,7H2,1-4H3,(H2,14,16,17,18,19). The molecule has 2 N–H and O–H groups in total. The Morgan fingerprint density at radius 1 is 1.20 bits per heavy atom. The lowest BCUT2D eigenvalue weighted by molar-refractivity contribution is 0.506. The summed E-state index contributed by atoms with van der Waals surface area (Å²) >= 11 is 0. The zero-order chi connectivity index (χ0) is 14.6. The molecule has 7 heteroatoms. The van der Waals surface area contributed by atoms with E-state index >= 15 is 0 Å². The van der Waals surface area contributed by atoms with E-state index in [1.807, 2.05) is 6.07 Å². The lowest BCUT2D eigenvalue weighted by atomic mass is 9.99. The maximum Gasteiger partial charge on any atom is 0.257 e. The summed E-state index contributed by atoms with van der Waals surface area (Å²) in [6.45, 7) is 6.42. The van der Waals surface area contributed by atoms with Gasteiger partial charge in [-0.2, -0.15) is 20.1 Å². The minimum atomic E-state index is -0.0670. The van der Waals surface area contributed by atoms with E-state index < -0.39 is 0 Å². The highest BCUT2D eigenvalue weighted by molar-refractivity contribution is 5.38. The van der Waals surface area contributed by atoms with Gasteiger partial charge in [0, 0.05) is 25.0 Å². The van der Waals surface area contributed by atoms with E-state index in [9.17, 15) is 0 Å². The topological polar surface area (TPSA) is 80.5 Å². The van der Waals surface area contributed by atoms with Crippen molar-refractivity contribution in [1.29, 1.82) is 0 Å². The van der Waals surface area contributed by atoms with Gasteiger partial charge in [0.15, 0.2) is 0 Å². The molecule has 0 atom stereocenters. The lowest BCUT2D eigenvalue weighted by Gasteiger charge is -2.25. The largest absolute Gasteiger partial charge is 0.357 e. The summed E-state index contributed by atoms with van der Waals surface area (Å²) in [5.41, 5.74) is -0.0670. The van der Waals surface area contributed by atoms with Crippen molar-refractivity contribution in [3.05, 3.63) is 18.5 Å². The van der Waals surface area contributed by atoms with Crippen LogP contribution in [0.5, 0.6) is 0 Å². The van der Waals surface area contributed by atoms with Gasteiger partial charge < -0.3 is 10.6 Å². The maximum atomic E-state index is 4.42. The second kappa shape index (κ2) is 5.85. The molecule has 0 aromatic carbocycles. The second-order valence-corrected chi connectivity index (χ2v) is 5.24. The Kier molecular flexibility index (Phi) is 4.16. The molecular weight excluding hydrogens is 254 g/mol. The van der Waals surface area contributed by atoms with Crippen LogP contribution in [0.3, 0.4) is 0 Å². The molecule has 0 amide bonds. The molecule has 2 heterocycles. The predicted octanol–water partition coefficient (Wildman–Crippen LogP) is 2.09. The van der Waals surface area contributed by atoms with Crippen LogP contribution in [-0.2, 0) is 0 Å². The summed E-state index contributed by atoms with van der Waals surface area (Å²) in [5.74, 6) is 1.55. The summed E-state index contributed by atoms with van der Waals surface area (Å²) < 4.78 is 1.61. The number of hydrogen-bond donors (Lipinski definition) is 2. The van der Waals surface area contributed by atoms with Gasteiger partial charge in [0.1, 0.15) is 0 Å². The Labute approximate surface area is 118 Å². The van der Waals surface area contributed by atoms with Crippen LogP contribution in [0.15, 0.2) is 18.5 Å². The smallest absolute Gasteiger partial charge is 0.257 e. The summed E-state index contributed by atoms with van der Waals surface area (Å²) in [4.78, 5) is 13.1. The van der Waals surface area contributed by atoms with Crippen molar-refractivity contribution < 1.29 is 0 Å². The summed E-state index contributed by atoms with van der Waals surface area (Å²) in [6.07, 6.45) is 5.62. The van der Waals surface area contributed by atoms with Gasteiger partial charge in [-0.1, -0.05) is 13.3 Å². The number of nitrogens with one attached hydrogen (secondary N) is 2. The molecule has 0 saturated heterocycles. The number of anilines is 2. The van der Waals surface area contributed by atoms with Crippen molar-refractivity contribution in [2.75, 3.05) is 17.7 Å². The molecule has 0 saturated carbocycles. The molecule has 2 aromatic rings. The first-order valence-electron chi connectivity index (χ1n) is 6.76. The number of rotatable bonds is 6. The minimum absolute atomic E-state index is 0.0670. The van der Waals surface area contributed by atoms with Gasteiger partial charge in [-0.3, -0.25) is 0 Å². The van der Waals surface area contributed by atoms with Crippen molar-refractivity contribution in [3.8, 4) is 5.95 Å². The molecule has 2 aromatic heterocycles. The van der Waals surface area contributed by atoms with Gasteiger partial charge in [-0.15, -0.1) is 0 Å². The first kappa shape index (κ1) is 14.2. The van der Waals surface area contributed by atoms with E-state index in [-0.39, 0.29) is 5.54 Å². The number of nitrogens with zero attached hydrogens (tertiary/aromatic N) is 5. The van der Waals surface area contributed by atoms with E-state index in [1.54, 1.807) is 24.1 Å². The Balaban J connectivity index is 2.31. The van der Waals surface area contributed by atoms with Crippen LogP contribution in [0, 0.1) is 0 Å². The van der Waals surface area contributed by atoms with Crippen molar-refractivity contribution >= 4 is 11.9 Å². The molecule has 0 aliphatic heterocycles. The maximum absolute atomic E-state index is 4.42. The quantitative estimate of drug-likeness (QED) is 0.840. The molecule has 7 nitrogen and oxygen atoms in total. The van der Waals surface area contributed by atoms with Crippen LogP contribution in [0.2, 0.25) is 0 Å². The number of aromatic nitrogens is 5. The third-order valence-electron chi connectivity index (χ3n) is 2.88. The van der Waals surface area contributed by atoms with Crippen LogP contribution < -0.4 is 10.6 Å². The van der Waals surface area contributed by atoms with Gasteiger partial charge >= 0.3 is 0 Å². The Morgan fingerprint density at radius 3 is 2.55 bits per heavy atom. The van der Waals surface area contributed by atoms with Gasteiger partial charge in [0.25, 0.3) is 5.95 Å². The average molecular weight is 275 g/mol. The molecule has 0 radical (unpaired) electrons. The van der Waals surface area contributed by atoms with Gasteiger partial charge in [-0.25, -0.2) is 4.68 Å². The lowest BCUT2D eigenvalue weighted by Crippen LogP contribution is -2.32. The third-order valence-corrected chi connectivity index (χ3v) is 2.88. The van der Waals surface area contributed by atoms with Crippen molar-refractivity contribution in [2.45, 2.75) is 39.2 Å². The molecule has 0 aliphatic rings. The molecule has 2 rings (SSSR count). The summed E-state index contributed by atoms with van der Waals surface area (Å²) in [6, 6.07) is 1.83.